The topological polar surface area (TPSA) is 91.6 Å². The Morgan fingerprint density at radius 3 is 2.80 bits per heavy atom. The van der Waals surface area contributed by atoms with E-state index in [1.54, 1.807) is 6.07 Å². The minimum Gasteiger partial charge on any atom is -0.691 e. The highest BCUT2D eigenvalue weighted by Crippen LogP contribution is 2.30. The second-order valence-corrected chi connectivity index (χ2v) is 2.95. The first-order chi connectivity index (χ1) is 7.04. The molecule has 86 valence electrons. The van der Waals surface area contributed by atoms with Gasteiger partial charge in [0.1, 0.15) is 12.0 Å². The van der Waals surface area contributed by atoms with Gasteiger partial charge in [-0.25, -0.2) is 4.79 Å². The van der Waals surface area contributed by atoms with Crippen LogP contribution in [0.3, 0.4) is 0 Å². The minimum atomic E-state index is -4.02. The summed E-state index contributed by atoms with van der Waals surface area (Å²) in [6.45, 7) is -0.305. The molecule has 15 heavy (non-hydrogen) atoms. The van der Waals surface area contributed by atoms with E-state index in [1.807, 2.05) is 0 Å². The Balaban J connectivity index is 3.81. The first kappa shape index (κ1) is 14.0. The van der Waals surface area contributed by atoms with Gasteiger partial charge in [0.05, 0.1) is 12.7 Å². The van der Waals surface area contributed by atoms with Crippen LogP contribution in [0.15, 0.2) is 0 Å². The fraction of sp³-hybridized carbons (Fsp3) is 0.667. The van der Waals surface area contributed by atoms with Crippen LogP contribution in [0.25, 0.3) is 0 Å². The van der Waals surface area contributed by atoms with Crippen molar-refractivity contribution in [3.8, 4) is 6.07 Å². The lowest BCUT2D eigenvalue weighted by Gasteiger charge is -2.13. The van der Waals surface area contributed by atoms with Crippen molar-refractivity contribution < 1.29 is 32.9 Å². The SMILES string of the molecule is N#CCCCOC(=O)C(F)(F)SOO[O-]. The van der Waals surface area contributed by atoms with E-state index < -0.39 is 23.3 Å². The lowest BCUT2D eigenvalue weighted by atomic mass is 10.3. The molecule has 6 nitrogen and oxygen atoms in total. The first-order valence-electron chi connectivity index (χ1n) is 3.61. The third-order valence-corrected chi connectivity index (χ3v) is 1.57. The molecule has 0 saturated heterocycles. The number of esters is 1. The number of hydrogen-bond acceptors (Lipinski definition) is 7. The van der Waals surface area contributed by atoms with Crippen LogP contribution in [-0.2, 0) is 18.9 Å². The largest absolute Gasteiger partial charge is 0.691 e. The zero-order chi connectivity index (χ0) is 11.7. The maximum absolute atomic E-state index is 12.6. The number of hydrogen-bond donors (Lipinski definition) is 0. The van der Waals surface area contributed by atoms with Gasteiger partial charge in [-0.1, -0.05) is 0 Å². The molecule has 0 amide bonds. The molecule has 0 N–H and O–H groups in total. The van der Waals surface area contributed by atoms with Gasteiger partial charge in [0.15, 0.2) is 0 Å². The van der Waals surface area contributed by atoms with E-state index in [0.717, 1.165) is 0 Å². The Morgan fingerprint density at radius 2 is 2.27 bits per heavy atom. The zero-order valence-corrected chi connectivity index (χ0v) is 8.09. The molecule has 0 aliphatic heterocycles. The molecule has 0 unspecified atom stereocenters. The number of rotatable bonds is 7. The number of halogens is 2. The molecule has 0 fully saturated rings. The van der Waals surface area contributed by atoms with Crippen molar-refractivity contribution in [1.82, 2.24) is 0 Å². The summed E-state index contributed by atoms with van der Waals surface area (Å²) < 4.78 is 32.6. The van der Waals surface area contributed by atoms with Crippen LogP contribution in [0.4, 0.5) is 8.78 Å². The first-order valence-corrected chi connectivity index (χ1v) is 4.35. The summed E-state index contributed by atoms with van der Waals surface area (Å²) in [6, 6.07) is 1.74. The van der Waals surface area contributed by atoms with E-state index in [4.69, 9.17) is 5.26 Å². The fourth-order valence-corrected chi connectivity index (χ4v) is 0.731. The van der Waals surface area contributed by atoms with Crippen LogP contribution in [0, 0.1) is 11.3 Å². The summed E-state index contributed by atoms with van der Waals surface area (Å²) in [5.74, 6) is -1.86. The van der Waals surface area contributed by atoms with Crippen molar-refractivity contribution in [2.75, 3.05) is 6.61 Å². The van der Waals surface area contributed by atoms with Crippen molar-refractivity contribution in [1.29, 1.82) is 5.26 Å². The molecule has 0 rings (SSSR count). The predicted molar refractivity (Wildman–Crippen MR) is 40.5 cm³/mol. The van der Waals surface area contributed by atoms with E-state index in [0.29, 0.717) is 0 Å². The van der Waals surface area contributed by atoms with Crippen molar-refractivity contribution in [3.63, 3.8) is 0 Å². The molecular weight excluding hydrogens is 236 g/mol. The van der Waals surface area contributed by atoms with Crippen molar-refractivity contribution in [3.05, 3.63) is 0 Å². The Hall–Kier alpha value is -0.950. The maximum atomic E-state index is 12.6. The molecule has 0 aromatic rings. The Morgan fingerprint density at radius 1 is 1.60 bits per heavy atom. The van der Waals surface area contributed by atoms with Crippen molar-refractivity contribution in [2.45, 2.75) is 18.1 Å². The molecule has 0 aliphatic rings. The molecule has 0 aliphatic carbocycles. The number of nitrogens with zero attached hydrogens (tertiary/aromatic N) is 1. The fourth-order valence-electron chi connectivity index (χ4n) is 0.491. The molecule has 0 saturated carbocycles. The summed E-state index contributed by atoms with van der Waals surface area (Å²) in [5.41, 5.74) is 0. The van der Waals surface area contributed by atoms with E-state index >= 15 is 0 Å². The molecule has 0 aromatic heterocycles. The van der Waals surface area contributed by atoms with Gasteiger partial charge in [-0.15, -0.1) is 0 Å². The minimum absolute atomic E-state index is 0.0894. The Labute approximate surface area is 87.8 Å². The van der Waals surface area contributed by atoms with Crippen molar-refractivity contribution in [2.24, 2.45) is 0 Å². The highest BCUT2D eigenvalue weighted by atomic mass is 32.2. The quantitative estimate of drug-likeness (QED) is 0.208. The van der Waals surface area contributed by atoms with Gasteiger partial charge < -0.3 is 9.99 Å². The Kier molecular flexibility index (Phi) is 6.89. The number of alkyl halides is 2. The maximum Gasteiger partial charge on any atom is 0.415 e. The average Bonchev–Trinajstić information content (AvgIpc) is 2.21. The molecule has 0 atom stereocenters. The van der Waals surface area contributed by atoms with Crippen LogP contribution >= 0.6 is 12.0 Å². The number of carbonyl (C=O) groups is 1. The van der Waals surface area contributed by atoms with Gasteiger partial charge in [-0.3, -0.25) is 5.04 Å². The number of unbranched alkanes of at least 4 members (excludes halogenated alkanes) is 1. The lowest BCUT2D eigenvalue weighted by Crippen LogP contribution is -2.28. The molecule has 0 radical (unpaired) electrons. The number of ether oxygens (including phenoxy) is 1. The van der Waals surface area contributed by atoms with Gasteiger partial charge in [0.25, 0.3) is 0 Å². The third kappa shape index (κ3) is 6.19. The van der Waals surface area contributed by atoms with Gasteiger partial charge in [-0.05, 0) is 6.42 Å². The summed E-state index contributed by atoms with van der Waals surface area (Å²) in [6.07, 6.45) is 0.244. The second-order valence-electron chi connectivity index (χ2n) is 2.13. The molecule has 0 heterocycles. The van der Waals surface area contributed by atoms with Crippen LogP contribution < -0.4 is 5.26 Å². The summed E-state index contributed by atoms with van der Waals surface area (Å²) >= 11 is -0.757. The highest BCUT2D eigenvalue weighted by Gasteiger charge is 2.43. The van der Waals surface area contributed by atoms with Gasteiger partial charge in [0, 0.05) is 6.42 Å². The van der Waals surface area contributed by atoms with E-state index in [-0.39, 0.29) is 19.4 Å². The Bertz CT molecular complexity index is 244. The molecule has 0 spiro atoms. The monoisotopic (exact) mass is 242 g/mol. The molecule has 0 aromatic carbocycles. The normalized spacial score (nSPS) is 10.8. The number of carbonyl (C=O) groups excluding carboxylic acids is 1. The molecule has 9 heteroatoms. The van der Waals surface area contributed by atoms with Crippen LogP contribution in [-0.4, -0.2) is 17.8 Å². The van der Waals surface area contributed by atoms with E-state index in [1.165, 1.54) is 0 Å². The van der Waals surface area contributed by atoms with Crippen LogP contribution in [0.2, 0.25) is 0 Å². The van der Waals surface area contributed by atoms with E-state index in [2.05, 4.69) is 14.1 Å². The smallest absolute Gasteiger partial charge is 0.415 e. The highest BCUT2D eigenvalue weighted by molar-refractivity contribution is 7.96. The molecular formula is C6H6F2NO5S-. The lowest BCUT2D eigenvalue weighted by molar-refractivity contribution is -0.777. The van der Waals surface area contributed by atoms with Gasteiger partial charge >= 0.3 is 11.2 Å². The zero-order valence-electron chi connectivity index (χ0n) is 7.27. The van der Waals surface area contributed by atoms with Crippen molar-refractivity contribution >= 4 is 18.0 Å². The summed E-state index contributed by atoms with van der Waals surface area (Å²) in [5, 5.41) is 16.0. The second kappa shape index (κ2) is 7.36. The summed E-state index contributed by atoms with van der Waals surface area (Å²) in [7, 11) is 0. The standard InChI is InChI=1S/C6H7F2NO5S/c7-6(8,15-14-13-11)5(10)12-4-2-1-3-9/h11H,1-2,4H2/p-1. The summed E-state index contributed by atoms with van der Waals surface area (Å²) in [4.78, 5) is 10.6. The third-order valence-electron chi connectivity index (χ3n) is 1.07. The number of nitriles is 1. The average molecular weight is 242 g/mol. The predicted octanol–water partition coefficient (Wildman–Crippen LogP) is 0.298. The van der Waals surface area contributed by atoms with Crippen LogP contribution in [0.1, 0.15) is 12.8 Å². The van der Waals surface area contributed by atoms with E-state index in [9.17, 15) is 18.8 Å². The van der Waals surface area contributed by atoms with Gasteiger partial charge in [-0.2, -0.15) is 18.4 Å². The molecule has 0 bridgehead atoms. The van der Waals surface area contributed by atoms with Crippen LogP contribution in [0.5, 0.6) is 0 Å². The van der Waals surface area contributed by atoms with Gasteiger partial charge in [0.2, 0.25) is 0 Å².